The van der Waals surface area contributed by atoms with Gasteiger partial charge in [0.1, 0.15) is 18.2 Å². The summed E-state index contributed by atoms with van der Waals surface area (Å²) >= 11 is 0. The lowest BCUT2D eigenvalue weighted by Crippen LogP contribution is -2.26. The van der Waals surface area contributed by atoms with E-state index < -0.39 is 0 Å². The Kier molecular flexibility index (Phi) is 4.03. The van der Waals surface area contributed by atoms with Gasteiger partial charge in [-0.3, -0.25) is 4.79 Å². The molecule has 0 atom stereocenters. The minimum Gasteiger partial charge on any atom is -0.306 e. The summed E-state index contributed by atoms with van der Waals surface area (Å²) in [4.78, 5) is 13.0. The van der Waals surface area contributed by atoms with Crippen LogP contribution in [0.2, 0.25) is 0 Å². The van der Waals surface area contributed by atoms with Crippen LogP contribution in [0.4, 0.5) is 0 Å². The molecule has 1 rings (SSSR count). The zero-order chi connectivity index (χ0) is 12.8. The summed E-state index contributed by atoms with van der Waals surface area (Å²) in [7, 11) is 0. The predicted molar refractivity (Wildman–Crippen MR) is 58.6 cm³/mol. The second-order valence-electron chi connectivity index (χ2n) is 3.46. The molecule has 0 fully saturated rings. The molecule has 1 aliphatic rings. The molecule has 0 unspecified atom stereocenters. The zero-order valence-corrected chi connectivity index (χ0v) is 9.40. The van der Waals surface area contributed by atoms with Crippen LogP contribution in [-0.2, 0) is 4.79 Å². The number of unbranched alkanes of at least 4 members (excludes halogenated alkanes) is 1. The number of allylic oxidation sites excluding steroid dienone is 2. The number of carbonyl (C=O) groups is 1. The molecule has 0 aromatic rings. The third kappa shape index (κ3) is 2.33. The van der Waals surface area contributed by atoms with Crippen LogP contribution < -0.4 is 0 Å². The molecule has 5 heteroatoms. The van der Waals surface area contributed by atoms with Crippen molar-refractivity contribution in [1.82, 2.24) is 4.90 Å². The van der Waals surface area contributed by atoms with E-state index in [-0.39, 0.29) is 22.8 Å². The summed E-state index contributed by atoms with van der Waals surface area (Å²) in [6.07, 6.45) is 2.80. The quantitative estimate of drug-likeness (QED) is 0.679. The van der Waals surface area contributed by atoms with Crippen LogP contribution in [0.5, 0.6) is 0 Å². The van der Waals surface area contributed by atoms with E-state index >= 15 is 0 Å². The van der Waals surface area contributed by atoms with Gasteiger partial charge in [0.25, 0.3) is 5.91 Å². The van der Waals surface area contributed by atoms with Gasteiger partial charge in [-0.15, -0.1) is 0 Å². The molecule has 1 heterocycles. The van der Waals surface area contributed by atoms with Crippen molar-refractivity contribution in [3.8, 4) is 18.2 Å². The monoisotopic (exact) mass is 226 g/mol. The standard InChI is InChI=1S/C12H10N4O/c1-2-3-4-16-11(17)5-9(6-13)12(16)10(7-14)8-15/h5H,2-4H2,1H3. The van der Waals surface area contributed by atoms with Crippen LogP contribution in [-0.4, -0.2) is 17.4 Å². The van der Waals surface area contributed by atoms with Gasteiger partial charge in [-0.2, -0.15) is 15.8 Å². The van der Waals surface area contributed by atoms with E-state index in [2.05, 4.69) is 0 Å². The van der Waals surface area contributed by atoms with Gasteiger partial charge in [0.05, 0.1) is 11.3 Å². The van der Waals surface area contributed by atoms with E-state index in [1.165, 1.54) is 11.0 Å². The first-order valence-electron chi connectivity index (χ1n) is 5.17. The molecular weight excluding hydrogens is 216 g/mol. The fraction of sp³-hybridized carbons (Fsp3) is 0.333. The van der Waals surface area contributed by atoms with Gasteiger partial charge < -0.3 is 4.90 Å². The predicted octanol–water partition coefficient (Wildman–Crippen LogP) is 1.38. The highest BCUT2D eigenvalue weighted by atomic mass is 16.2. The van der Waals surface area contributed by atoms with Crippen LogP contribution in [0.25, 0.3) is 0 Å². The van der Waals surface area contributed by atoms with E-state index in [4.69, 9.17) is 15.8 Å². The summed E-state index contributed by atoms with van der Waals surface area (Å²) in [6.45, 7) is 2.39. The maximum atomic E-state index is 11.6. The highest BCUT2D eigenvalue weighted by Crippen LogP contribution is 2.26. The molecule has 0 aromatic heterocycles. The number of hydrogen-bond donors (Lipinski definition) is 0. The lowest BCUT2D eigenvalue weighted by Gasteiger charge is -2.17. The molecule has 0 bridgehead atoms. The van der Waals surface area contributed by atoms with Crippen molar-refractivity contribution in [3.05, 3.63) is 22.9 Å². The Morgan fingerprint density at radius 3 is 2.47 bits per heavy atom. The lowest BCUT2D eigenvalue weighted by molar-refractivity contribution is -0.123. The van der Waals surface area contributed by atoms with Gasteiger partial charge >= 0.3 is 0 Å². The molecule has 0 aliphatic carbocycles. The molecule has 17 heavy (non-hydrogen) atoms. The Hall–Kier alpha value is -2.58. The van der Waals surface area contributed by atoms with Crippen LogP contribution in [0, 0.1) is 34.0 Å². The number of carbonyl (C=O) groups excluding carboxylic acids is 1. The first-order valence-corrected chi connectivity index (χ1v) is 5.17. The summed E-state index contributed by atoms with van der Waals surface area (Å²) in [6, 6.07) is 5.27. The topological polar surface area (TPSA) is 91.7 Å². The smallest absolute Gasteiger partial charge is 0.252 e. The number of nitrogens with zero attached hydrogens (tertiary/aromatic N) is 4. The third-order valence-corrected chi connectivity index (χ3v) is 2.38. The van der Waals surface area contributed by atoms with Crippen molar-refractivity contribution in [2.45, 2.75) is 19.8 Å². The van der Waals surface area contributed by atoms with E-state index in [1.807, 2.05) is 13.0 Å². The molecule has 84 valence electrons. The Morgan fingerprint density at radius 1 is 1.35 bits per heavy atom. The molecule has 0 spiro atoms. The molecule has 0 saturated carbocycles. The summed E-state index contributed by atoms with van der Waals surface area (Å²) in [5.74, 6) is -0.340. The second-order valence-corrected chi connectivity index (χ2v) is 3.46. The molecule has 5 nitrogen and oxygen atoms in total. The largest absolute Gasteiger partial charge is 0.306 e. The Balaban J connectivity index is 3.22. The Morgan fingerprint density at radius 2 is 2.00 bits per heavy atom. The molecule has 1 aliphatic heterocycles. The second kappa shape index (κ2) is 5.49. The molecule has 0 aromatic carbocycles. The average Bonchev–Trinajstić information content (AvgIpc) is 2.65. The van der Waals surface area contributed by atoms with Crippen molar-refractivity contribution in [2.24, 2.45) is 0 Å². The van der Waals surface area contributed by atoms with Crippen molar-refractivity contribution in [3.63, 3.8) is 0 Å². The van der Waals surface area contributed by atoms with Crippen LogP contribution >= 0.6 is 0 Å². The number of rotatable bonds is 3. The van der Waals surface area contributed by atoms with Gasteiger partial charge in [0.15, 0.2) is 5.57 Å². The van der Waals surface area contributed by atoms with Gasteiger partial charge in [0.2, 0.25) is 0 Å². The lowest BCUT2D eigenvalue weighted by atomic mass is 10.1. The minimum atomic E-state index is -0.340. The molecule has 0 saturated heterocycles. The van der Waals surface area contributed by atoms with Crippen LogP contribution in [0.3, 0.4) is 0 Å². The van der Waals surface area contributed by atoms with Gasteiger partial charge in [-0.1, -0.05) is 13.3 Å². The number of amides is 1. The SMILES string of the molecule is CCCCN1C(=O)C=C(C#N)C1=C(C#N)C#N. The number of nitriles is 3. The maximum Gasteiger partial charge on any atom is 0.252 e. The molecule has 1 amide bonds. The Bertz CT molecular complexity index is 506. The van der Waals surface area contributed by atoms with Crippen molar-refractivity contribution in [2.75, 3.05) is 6.54 Å². The van der Waals surface area contributed by atoms with Gasteiger partial charge in [0, 0.05) is 12.6 Å². The highest BCUT2D eigenvalue weighted by molar-refractivity contribution is 5.96. The summed E-state index contributed by atoms with van der Waals surface area (Å²) < 4.78 is 0. The van der Waals surface area contributed by atoms with Crippen LogP contribution in [0.15, 0.2) is 22.9 Å². The third-order valence-electron chi connectivity index (χ3n) is 2.38. The number of hydrogen-bond acceptors (Lipinski definition) is 4. The van der Waals surface area contributed by atoms with E-state index in [1.54, 1.807) is 12.1 Å². The minimum absolute atomic E-state index is 0.0872. The first kappa shape index (κ1) is 12.5. The van der Waals surface area contributed by atoms with Gasteiger partial charge in [-0.05, 0) is 6.42 Å². The average molecular weight is 226 g/mol. The van der Waals surface area contributed by atoms with E-state index in [0.717, 1.165) is 12.8 Å². The van der Waals surface area contributed by atoms with Gasteiger partial charge in [-0.25, -0.2) is 0 Å². The van der Waals surface area contributed by atoms with E-state index in [9.17, 15) is 4.79 Å². The molecule has 0 radical (unpaired) electrons. The Labute approximate surface area is 99.5 Å². The fourth-order valence-corrected chi connectivity index (χ4v) is 1.55. The van der Waals surface area contributed by atoms with E-state index in [0.29, 0.717) is 6.54 Å². The first-order chi connectivity index (χ1) is 8.19. The van der Waals surface area contributed by atoms with Crippen LogP contribution in [0.1, 0.15) is 19.8 Å². The normalized spacial score (nSPS) is 13.8. The molecular formula is C12H10N4O. The summed E-state index contributed by atoms with van der Waals surface area (Å²) in [5, 5.41) is 26.5. The summed E-state index contributed by atoms with van der Waals surface area (Å²) in [5.41, 5.74) is 0.0416. The maximum absolute atomic E-state index is 11.6. The van der Waals surface area contributed by atoms with Crippen molar-refractivity contribution >= 4 is 5.91 Å². The fourth-order valence-electron chi connectivity index (χ4n) is 1.55. The molecule has 0 N–H and O–H groups in total. The zero-order valence-electron chi connectivity index (χ0n) is 9.40. The highest BCUT2D eigenvalue weighted by Gasteiger charge is 2.30. The van der Waals surface area contributed by atoms with Crippen molar-refractivity contribution < 1.29 is 4.79 Å². The van der Waals surface area contributed by atoms with Crippen molar-refractivity contribution in [1.29, 1.82) is 15.8 Å².